The molecule has 0 aliphatic rings. The van der Waals surface area contributed by atoms with Crippen LogP contribution in [0.3, 0.4) is 0 Å². The Morgan fingerprint density at radius 2 is 1.79 bits per heavy atom. The van der Waals surface area contributed by atoms with E-state index in [2.05, 4.69) is 19.8 Å². The van der Waals surface area contributed by atoms with Crippen LogP contribution in [0.5, 0.6) is 0 Å². The van der Waals surface area contributed by atoms with Gasteiger partial charge < -0.3 is 9.61 Å². The van der Waals surface area contributed by atoms with Gasteiger partial charge in [0, 0.05) is 24.0 Å². The summed E-state index contributed by atoms with van der Waals surface area (Å²) in [6.45, 7) is 1.19. The van der Waals surface area contributed by atoms with Crippen molar-refractivity contribution in [2.75, 3.05) is 11.8 Å². The third-order valence-corrected chi connectivity index (χ3v) is 5.72. The maximum absolute atomic E-state index is 14.5. The number of nitrogens with one attached hydrogen (secondary N) is 1. The minimum absolute atomic E-state index is 0.0136. The molecule has 28 heavy (non-hydrogen) atoms. The van der Waals surface area contributed by atoms with E-state index in [1.54, 1.807) is 0 Å². The van der Waals surface area contributed by atoms with E-state index < -0.39 is 36.0 Å². The average Bonchev–Trinajstić information content (AvgIpc) is 3.08. The summed E-state index contributed by atoms with van der Waals surface area (Å²) in [7, 11) is -3.59. The Kier molecular flexibility index (Phi) is 5.20. The first-order valence-corrected chi connectivity index (χ1v) is 10.0. The number of anilines is 1. The third kappa shape index (κ3) is 4.18. The van der Waals surface area contributed by atoms with E-state index in [0.29, 0.717) is 0 Å². The van der Waals surface area contributed by atoms with E-state index >= 15 is 0 Å². The summed E-state index contributed by atoms with van der Waals surface area (Å²) in [6.07, 6.45) is 0. The van der Waals surface area contributed by atoms with E-state index in [0.717, 1.165) is 30.3 Å². The second kappa shape index (κ2) is 7.18. The lowest BCUT2D eigenvalue weighted by atomic mass is 10.2. The second-order valence-electron chi connectivity index (χ2n) is 5.75. The van der Waals surface area contributed by atoms with E-state index in [1.807, 2.05) is 0 Å². The van der Waals surface area contributed by atoms with Crippen LogP contribution in [0.2, 0.25) is 0 Å². The Morgan fingerprint density at radius 1 is 1.07 bits per heavy atom. The van der Waals surface area contributed by atoms with Crippen molar-refractivity contribution >= 4 is 29.9 Å². The molecule has 0 spiro atoms. The fourth-order valence-electron chi connectivity index (χ4n) is 2.32. The molecule has 2 aromatic carbocycles. The zero-order valence-electron chi connectivity index (χ0n) is 13.9. The van der Waals surface area contributed by atoms with E-state index in [-0.39, 0.29) is 22.4 Å². The molecule has 0 radical (unpaired) electrons. The molecular weight excluding hydrogens is 428 g/mol. The molecular formula is C16H10ClF5N3O2P. The van der Waals surface area contributed by atoms with E-state index in [9.17, 15) is 26.5 Å². The SMILES string of the molecule is CP(=O)(Nc1ccc(F)c(F)c1)c1ccc(-c2noc(C(F)(F)Cl)n2)cc1F. The molecule has 5 nitrogen and oxygen atoms in total. The quantitative estimate of drug-likeness (QED) is 0.342. The minimum atomic E-state index is -3.88. The zero-order chi connectivity index (χ0) is 20.7. The van der Waals surface area contributed by atoms with Crippen LogP contribution in [-0.2, 0) is 9.95 Å². The average molecular weight is 438 g/mol. The van der Waals surface area contributed by atoms with Crippen molar-refractivity contribution < 1.29 is 31.0 Å². The summed E-state index contributed by atoms with van der Waals surface area (Å²) in [6, 6.07) is 6.01. The lowest BCUT2D eigenvalue weighted by molar-refractivity contribution is 0.0551. The smallest absolute Gasteiger partial charge is 0.333 e. The molecule has 148 valence electrons. The number of aromatic nitrogens is 2. The van der Waals surface area contributed by atoms with Crippen molar-refractivity contribution in [3.05, 3.63) is 59.7 Å². The number of halogens is 6. The first-order valence-electron chi connectivity index (χ1n) is 7.49. The van der Waals surface area contributed by atoms with Gasteiger partial charge in [-0.25, -0.2) is 13.2 Å². The van der Waals surface area contributed by atoms with Crippen molar-refractivity contribution in [1.29, 1.82) is 0 Å². The molecule has 0 aliphatic carbocycles. The van der Waals surface area contributed by atoms with Gasteiger partial charge in [0.1, 0.15) is 5.82 Å². The summed E-state index contributed by atoms with van der Waals surface area (Å²) in [5.41, 5.74) is -0.0367. The van der Waals surface area contributed by atoms with Gasteiger partial charge in [-0.15, -0.1) is 0 Å². The van der Waals surface area contributed by atoms with Crippen LogP contribution >= 0.6 is 18.9 Å². The molecule has 0 amide bonds. The molecule has 0 fully saturated rings. The van der Waals surface area contributed by atoms with Crippen LogP contribution < -0.4 is 10.4 Å². The Hall–Kier alpha value is -2.45. The number of hydrogen-bond acceptors (Lipinski definition) is 4. The number of rotatable bonds is 5. The van der Waals surface area contributed by atoms with Crippen molar-refractivity contribution in [2.45, 2.75) is 5.38 Å². The van der Waals surface area contributed by atoms with Crippen LogP contribution in [0.15, 0.2) is 40.9 Å². The lowest BCUT2D eigenvalue weighted by Gasteiger charge is -2.17. The topological polar surface area (TPSA) is 68.0 Å². The third-order valence-electron chi connectivity index (χ3n) is 3.60. The van der Waals surface area contributed by atoms with Gasteiger partial charge in [0.15, 0.2) is 18.9 Å². The summed E-state index contributed by atoms with van der Waals surface area (Å²) in [5, 5.41) is 1.63. The van der Waals surface area contributed by atoms with Crippen LogP contribution in [0.4, 0.5) is 27.6 Å². The van der Waals surface area contributed by atoms with Gasteiger partial charge in [0.2, 0.25) is 5.82 Å². The Bertz CT molecular complexity index is 1090. The standard InChI is InChI=1S/C16H10ClF5N3O2P/c1-28(26,25-9-3-4-10(18)11(19)7-9)13-5-2-8(6-12(13)20)14-23-15(27-24-14)16(17,21)22/h2-7H,1H3,(H,25,26). The maximum atomic E-state index is 14.5. The number of benzene rings is 2. The Labute approximate surface area is 159 Å². The van der Waals surface area contributed by atoms with Gasteiger partial charge in [-0.1, -0.05) is 11.2 Å². The molecule has 3 aromatic rings. The summed E-state index contributed by atoms with van der Waals surface area (Å²) in [5.74, 6) is -4.71. The van der Waals surface area contributed by atoms with Crippen molar-refractivity contribution in [3.8, 4) is 11.4 Å². The summed E-state index contributed by atoms with van der Waals surface area (Å²) >= 11 is 4.77. The Morgan fingerprint density at radius 3 is 2.36 bits per heavy atom. The highest BCUT2D eigenvalue weighted by atomic mass is 35.5. The molecule has 3 rings (SSSR count). The normalized spacial score (nSPS) is 14.0. The monoisotopic (exact) mass is 437 g/mol. The fraction of sp³-hybridized carbons (Fsp3) is 0.125. The highest BCUT2D eigenvalue weighted by Crippen LogP contribution is 2.42. The molecule has 1 heterocycles. The number of nitrogens with zero attached hydrogens (tertiary/aromatic N) is 2. The predicted molar refractivity (Wildman–Crippen MR) is 92.6 cm³/mol. The van der Waals surface area contributed by atoms with Crippen LogP contribution in [0, 0.1) is 17.5 Å². The first kappa shape index (κ1) is 20.3. The van der Waals surface area contributed by atoms with Crippen LogP contribution in [0.1, 0.15) is 5.89 Å². The molecule has 0 aliphatic heterocycles. The van der Waals surface area contributed by atoms with Crippen molar-refractivity contribution in [2.24, 2.45) is 0 Å². The van der Waals surface area contributed by atoms with Crippen LogP contribution in [-0.4, -0.2) is 16.8 Å². The van der Waals surface area contributed by atoms with Crippen LogP contribution in [0.25, 0.3) is 11.4 Å². The molecule has 1 N–H and O–H groups in total. The number of alkyl halides is 3. The van der Waals surface area contributed by atoms with E-state index in [1.165, 1.54) is 12.7 Å². The highest BCUT2D eigenvalue weighted by molar-refractivity contribution is 7.72. The molecule has 1 aromatic heterocycles. The van der Waals surface area contributed by atoms with Crippen molar-refractivity contribution in [1.82, 2.24) is 10.1 Å². The first-order chi connectivity index (χ1) is 13.0. The molecule has 0 saturated heterocycles. The van der Waals surface area contributed by atoms with Gasteiger partial charge >= 0.3 is 11.3 Å². The van der Waals surface area contributed by atoms with Gasteiger partial charge in [-0.2, -0.15) is 13.8 Å². The van der Waals surface area contributed by atoms with Gasteiger partial charge in [0.25, 0.3) is 0 Å². The van der Waals surface area contributed by atoms with Gasteiger partial charge in [0.05, 0.1) is 5.30 Å². The molecule has 12 heteroatoms. The van der Waals surface area contributed by atoms with Gasteiger partial charge in [-0.3, -0.25) is 4.57 Å². The maximum Gasteiger partial charge on any atom is 0.400 e. The Balaban J connectivity index is 1.89. The molecule has 1 unspecified atom stereocenters. The molecule has 0 saturated carbocycles. The largest absolute Gasteiger partial charge is 0.400 e. The fourth-order valence-corrected chi connectivity index (χ4v) is 3.98. The molecule has 1 atom stereocenters. The zero-order valence-corrected chi connectivity index (χ0v) is 15.5. The summed E-state index contributed by atoms with van der Waals surface area (Å²) in [4.78, 5) is 3.38. The highest BCUT2D eigenvalue weighted by Gasteiger charge is 2.36. The lowest BCUT2D eigenvalue weighted by Crippen LogP contribution is -2.15. The second-order valence-corrected chi connectivity index (χ2v) is 8.78. The van der Waals surface area contributed by atoms with E-state index in [4.69, 9.17) is 11.6 Å². The minimum Gasteiger partial charge on any atom is -0.333 e. The van der Waals surface area contributed by atoms with Gasteiger partial charge in [-0.05, 0) is 35.9 Å². The van der Waals surface area contributed by atoms with Crippen molar-refractivity contribution in [3.63, 3.8) is 0 Å². The summed E-state index contributed by atoms with van der Waals surface area (Å²) < 4.78 is 83.9. The molecule has 0 bridgehead atoms. The number of hydrogen-bond donors (Lipinski definition) is 1. The predicted octanol–water partition coefficient (Wildman–Crippen LogP) is 5.09.